The first-order valence-corrected chi connectivity index (χ1v) is 22.9. The Morgan fingerprint density at radius 1 is 0.814 bits per heavy atom. The van der Waals surface area contributed by atoms with Crippen molar-refractivity contribution in [3.8, 4) is 0 Å². The van der Waals surface area contributed by atoms with Crippen LogP contribution in [0.1, 0.15) is 86.7 Å². The summed E-state index contributed by atoms with van der Waals surface area (Å²) in [6, 6.07) is 22.7. The van der Waals surface area contributed by atoms with Gasteiger partial charge in [0.2, 0.25) is 12.6 Å². The molecule has 2 heterocycles. The van der Waals surface area contributed by atoms with Crippen LogP contribution in [0.5, 0.6) is 0 Å². The molecule has 5 unspecified atom stereocenters. The maximum atomic E-state index is 16.2. The van der Waals surface area contributed by atoms with E-state index >= 15 is 4.79 Å². The minimum Gasteiger partial charge on any atom is -0.456 e. The van der Waals surface area contributed by atoms with Gasteiger partial charge in [0.25, 0.3) is 5.91 Å². The lowest BCUT2D eigenvalue weighted by atomic mass is 9.44. The third-order valence-electron chi connectivity index (χ3n) is 14.7. The maximum Gasteiger partial charge on any atom is 0.338 e. The first kappa shape index (κ1) is 50.5. The summed E-state index contributed by atoms with van der Waals surface area (Å²) in [5, 5.41) is 49.6. The Balaban J connectivity index is 1.30. The highest BCUT2D eigenvalue weighted by Crippen LogP contribution is 2.65. The highest BCUT2D eigenvalue weighted by Gasteiger charge is 2.79. The number of hydrogen-bond acceptors (Lipinski definition) is 18. The van der Waals surface area contributed by atoms with Crippen LogP contribution in [0.25, 0.3) is 0 Å². The predicted molar refractivity (Wildman–Crippen MR) is 239 cm³/mol. The number of benzene rings is 3. The van der Waals surface area contributed by atoms with Crippen LogP contribution in [0.2, 0.25) is 0 Å². The SMILES string of the molecule is CC(=O)O[C@H]1C(=O)[C@@]2(C)C([C@H](OC(=O)c3ccccc3)[C@]3(O)C[C@H](OC(=O)[C@H](O)C(NC(=O)c4ccccc4)c4ccccc4)C(C)=C1C3(C)C)[C@]1(OC(C)=O)CO[C@@H]1C[C@@H]2OC1OCC(O)OC1O. The van der Waals surface area contributed by atoms with E-state index in [9.17, 15) is 44.4 Å². The van der Waals surface area contributed by atoms with Crippen LogP contribution < -0.4 is 5.32 Å². The number of rotatable bonds is 12. The molecular formula is C51H57NO18. The largest absolute Gasteiger partial charge is 0.456 e. The molecule has 2 bridgehead atoms. The molecule has 5 N–H and O–H groups in total. The number of ether oxygens (including phenoxy) is 8. The monoisotopic (exact) mass is 971 g/mol. The van der Waals surface area contributed by atoms with E-state index in [4.69, 9.17) is 37.9 Å². The summed E-state index contributed by atoms with van der Waals surface area (Å²) >= 11 is 0. The molecule has 0 radical (unpaired) electrons. The molecule has 19 nitrogen and oxygen atoms in total. The van der Waals surface area contributed by atoms with Gasteiger partial charge in [0.15, 0.2) is 29.9 Å². The van der Waals surface area contributed by atoms with E-state index in [-0.39, 0.29) is 35.3 Å². The second-order valence-corrected chi connectivity index (χ2v) is 19.1. The number of aliphatic hydroxyl groups excluding tert-OH is 3. The summed E-state index contributed by atoms with van der Waals surface area (Å²) in [5.74, 6) is -7.20. The fourth-order valence-electron chi connectivity index (χ4n) is 11.2. The highest BCUT2D eigenvalue weighted by molar-refractivity contribution is 5.96. The highest BCUT2D eigenvalue weighted by atomic mass is 16.8. The molecule has 2 aliphatic heterocycles. The predicted octanol–water partition coefficient (Wildman–Crippen LogP) is 2.77. The number of aliphatic hydroxyl groups is 4. The third kappa shape index (κ3) is 8.82. The number of fused-ring (bicyclic) bond motifs is 5. The number of hydrogen-bond donors (Lipinski definition) is 5. The van der Waals surface area contributed by atoms with Crippen LogP contribution in [-0.4, -0.2) is 136 Å². The van der Waals surface area contributed by atoms with Crippen LogP contribution in [0.3, 0.4) is 0 Å². The van der Waals surface area contributed by atoms with E-state index in [2.05, 4.69) is 5.32 Å². The maximum absolute atomic E-state index is 16.2. The van der Waals surface area contributed by atoms with Gasteiger partial charge in [-0.05, 0) is 54.8 Å². The van der Waals surface area contributed by atoms with Crippen LogP contribution in [0.4, 0.5) is 0 Å². The average molecular weight is 972 g/mol. The molecular weight excluding hydrogens is 915 g/mol. The van der Waals surface area contributed by atoms with Crippen LogP contribution in [-0.2, 0) is 57.1 Å². The van der Waals surface area contributed by atoms with Crippen molar-refractivity contribution in [1.29, 1.82) is 0 Å². The summed E-state index contributed by atoms with van der Waals surface area (Å²) in [4.78, 5) is 85.4. The zero-order valence-electron chi connectivity index (χ0n) is 39.3. The molecule has 3 aromatic rings. The van der Waals surface area contributed by atoms with Crippen molar-refractivity contribution in [2.24, 2.45) is 16.7 Å². The second-order valence-electron chi connectivity index (χ2n) is 19.1. The fraction of sp³-hybridized carbons (Fsp3) is 0.490. The van der Waals surface area contributed by atoms with E-state index < -0.39 is 138 Å². The minimum atomic E-state index is -2.49. The molecule has 2 saturated heterocycles. The van der Waals surface area contributed by atoms with Gasteiger partial charge in [-0.3, -0.25) is 19.2 Å². The number of nitrogens with one attached hydrogen (secondary N) is 1. The van der Waals surface area contributed by atoms with Gasteiger partial charge in [-0.2, -0.15) is 0 Å². The molecule has 0 spiro atoms. The molecule has 1 amide bonds. The summed E-state index contributed by atoms with van der Waals surface area (Å²) in [6.07, 6.45) is -16.0. The number of esters is 4. The molecule has 14 atom stereocenters. The van der Waals surface area contributed by atoms with Crippen molar-refractivity contribution in [3.05, 3.63) is 119 Å². The Labute approximate surface area is 402 Å². The molecule has 8 rings (SSSR count). The standard InChI is InChI=1S/C51H57NO18/c1-26-32(66-45(60)38(56)37(29-16-10-7-11-17-29)52-43(58)30-18-12-8-13-19-30)23-51(62)42(69-44(59)31-20-14-9-15-21-31)40-49(6,41(57)39(65-27(2)53)36(26)48(51,4)5)33(67-47-46(61)68-35(55)24-63-47)22-34-50(40,25-64-34)70-28(3)54/h7-21,32-35,37-40,42,46-47,55-56,61-62H,22-25H2,1-6H3,(H,52,58)/t32-,33-,34+,35?,37?,38+,39+,40?,42-,46?,47?,49+,50-,51+/m0/s1. The van der Waals surface area contributed by atoms with E-state index in [0.29, 0.717) is 5.56 Å². The van der Waals surface area contributed by atoms with Crippen LogP contribution in [0, 0.1) is 16.7 Å². The lowest BCUT2D eigenvalue weighted by Crippen LogP contribution is -2.82. The van der Waals surface area contributed by atoms with Gasteiger partial charge in [-0.15, -0.1) is 0 Å². The number of Topliss-reactive ketones (excluding diaryl/α,β-unsaturated/α-hetero) is 1. The Morgan fingerprint density at radius 2 is 1.43 bits per heavy atom. The number of carbonyl (C=O) groups is 6. The van der Waals surface area contributed by atoms with Crippen molar-refractivity contribution < 1.29 is 87.1 Å². The summed E-state index contributed by atoms with van der Waals surface area (Å²) < 4.78 is 48.2. The van der Waals surface area contributed by atoms with Crippen molar-refractivity contribution in [1.82, 2.24) is 5.32 Å². The normalized spacial score (nSPS) is 34.1. The third-order valence-corrected chi connectivity index (χ3v) is 14.7. The summed E-state index contributed by atoms with van der Waals surface area (Å²) in [5.41, 5.74) is -7.61. The second kappa shape index (κ2) is 19.4. The topological polar surface area (TPSA) is 269 Å². The lowest BCUT2D eigenvalue weighted by Gasteiger charge is -2.68. The molecule has 19 heteroatoms. The molecule has 5 aliphatic rings. The first-order valence-electron chi connectivity index (χ1n) is 22.9. The van der Waals surface area contributed by atoms with E-state index in [1.807, 2.05) is 0 Å². The van der Waals surface area contributed by atoms with Crippen molar-refractivity contribution in [2.45, 2.75) is 127 Å². The molecule has 4 fully saturated rings. The van der Waals surface area contributed by atoms with Gasteiger partial charge in [-0.1, -0.05) is 80.6 Å². The zero-order valence-corrected chi connectivity index (χ0v) is 39.3. The van der Waals surface area contributed by atoms with Crippen molar-refractivity contribution >= 4 is 35.6 Å². The smallest absolute Gasteiger partial charge is 0.338 e. The zero-order chi connectivity index (χ0) is 50.5. The summed E-state index contributed by atoms with van der Waals surface area (Å²) in [6.45, 7) is 7.36. The Bertz CT molecular complexity index is 2520. The Morgan fingerprint density at radius 3 is 2.00 bits per heavy atom. The van der Waals surface area contributed by atoms with Gasteiger partial charge in [0, 0.05) is 37.7 Å². The molecule has 374 valence electrons. The average Bonchev–Trinajstić information content (AvgIpc) is 3.32. The molecule has 70 heavy (non-hydrogen) atoms. The Kier molecular flexibility index (Phi) is 14.0. The van der Waals surface area contributed by atoms with Crippen LogP contribution >= 0.6 is 0 Å². The van der Waals surface area contributed by atoms with Crippen molar-refractivity contribution in [3.63, 3.8) is 0 Å². The Hall–Kier alpha value is -5.90. The first-order chi connectivity index (χ1) is 33.1. The molecule has 3 aliphatic carbocycles. The van der Waals surface area contributed by atoms with Gasteiger partial charge in [-0.25, -0.2) is 9.59 Å². The van der Waals surface area contributed by atoms with Gasteiger partial charge in [0.05, 0.1) is 35.6 Å². The van der Waals surface area contributed by atoms with Crippen molar-refractivity contribution in [2.75, 3.05) is 13.2 Å². The molecule has 0 aromatic heterocycles. The fourth-order valence-corrected chi connectivity index (χ4v) is 11.2. The molecule has 2 saturated carbocycles. The van der Waals surface area contributed by atoms with Crippen LogP contribution in [0.15, 0.2) is 102 Å². The number of amides is 1. The lowest BCUT2D eigenvalue weighted by molar-refractivity contribution is -0.394. The van der Waals surface area contributed by atoms with Gasteiger partial charge in [0.1, 0.15) is 30.5 Å². The molecule has 3 aromatic carbocycles. The summed E-state index contributed by atoms with van der Waals surface area (Å²) in [7, 11) is 0. The van der Waals surface area contributed by atoms with E-state index in [1.165, 1.54) is 39.8 Å². The minimum absolute atomic E-state index is 0.0242. The van der Waals surface area contributed by atoms with E-state index in [0.717, 1.165) is 13.8 Å². The van der Waals surface area contributed by atoms with E-state index in [1.54, 1.807) is 78.9 Å². The quantitative estimate of drug-likeness (QED) is 0.0992. The number of ketones is 1. The van der Waals surface area contributed by atoms with Gasteiger partial charge >= 0.3 is 23.9 Å². The van der Waals surface area contributed by atoms with Gasteiger partial charge < -0.3 is 63.6 Å². The number of carbonyl (C=O) groups excluding carboxylic acids is 6.